The number of carbonyl (C=O) groups is 4. The molecule has 0 aromatic heterocycles. The van der Waals surface area contributed by atoms with Crippen LogP contribution in [0.2, 0.25) is 0 Å². The van der Waals surface area contributed by atoms with Crippen LogP contribution in [-0.4, -0.2) is 35.0 Å². The summed E-state index contributed by atoms with van der Waals surface area (Å²) in [5, 5.41) is 13.4. The van der Waals surface area contributed by atoms with Gasteiger partial charge < -0.3 is 19.9 Å². The van der Waals surface area contributed by atoms with Crippen molar-refractivity contribution >= 4 is 23.8 Å². The predicted octanol–water partition coefficient (Wildman–Crippen LogP) is 5.96. The minimum absolute atomic E-state index is 0.0256. The lowest BCUT2D eigenvalue weighted by atomic mass is 9.47. The van der Waals surface area contributed by atoms with Gasteiger partial charge in [-0.05, 0) is 84.2 Å². The topological polar surface area (TPSA) is 119 Å². The molecule has 236 valence electrons. The Morgan fingerprint density at radius 3 is 2.36 bits per heavy atom. The smallest absolute Gasteiger partial charge is 0.307 e. The molecule has 8 nitrogen and oxygen atoms in total. The molecule has 3 fully saturated rings. The number of allylic oxidation sites excluding steroid dienone is 3. The Morgan fingerprint density at radius 1 is 0.955 bits per heavy atom. The zero-order chi connectivity index (χ0) is 31.4. The maximum Gasteiger partial charge on any atom is 0.307 e. The number of hydrogen-bond donors (Lipinski definition) is 2. The van der Waals surface area contributed by atoms with E-state index in [0.29, 0.717) is 30.6 Å². The molecule has 2 N–H and O–H groups in total. The fourth-order valence-corrected chi connectivity index (χ4v) is 10.2. The fraction of sp³-hybridized carbons (Fsp3) is 0.611. The standard InChI is InChI=1S/C36H45NO7/c1-20(38)43-24-12-14-35(3)23(16-24)10-11-25-28(35)13-15-36(4)29(25)17-26-31(33(40)37-19-22-8-6-5-7-9-22)27(34(41)42)18-30(32(26)36)44-21(2)39/h5-10,24-29,31H,11-19H2,1-4H3,(H,37,40)(H,41,42)/t24-,25+,26?,27?,28-,29-,31?,35-,36-/m0/s1. The molecule has 0 aliphatic heterocycles. The zero-order valence-corrected chi connectivity index (χ0v) is 26.3. The first kappa shape index (κ1) is 30.6. The summed E-state index contributed by atoms with van der Waals surface area (Å²) in [4.78, 5) is 50.6. The Hall–Kier alpha value is -3.42. The number of carbonyl (C=O) groups excluding carboxylic acids is 3. The van der Waals surface area contributed by atoms with E-state index in [-0.39, 0.29) is 47.1 Å². The van der Waals surface area contributed by atoms with Gasteiger partial charge in [0, 0.05) is 33.2 Å². The van der Waals surface area contributed by atoms with Gasteiger partial charge in [-0.25, -0.2) is 0 Å². The van der Waals surface area contributed by atoms with E-state index in [4.69, 9.17) is 9.47 Å². The van der Waals surface area contributed by atoms with Crippen LogP contribution in [0.1, 0.15) is 84.6 Å². The van der Waals surface area contributed by atoms with Crippen molar-refractivity contribution in [1.82, 2.24) is 5.32 Å². The van der Waals surface area contributed by atoms with E-state index in [0.717, 1.165) is 49.7 Å². The van der Waals surface area contributed by atoms with Crippen LogP contribution in [0.15, 0.2) is 53.3 Å². The van der Waals surface area contributed by atoms with Gasteiger partial charge in [0.05, 0.1) is 11.8 Å². The SMILES string of the molecule is CC(=O)OC1=C2C(C[C@H]3[C@@H]4CC=C5C[C@@H](OC(C)=O)CC[C@]5(C)[C@H]4CC[C@]23C)C(C(=O)NCc2ccccc2)C(C(=O)O)C1. The zero-order valence-electron chi connectivity index (χ0n) is 26.3. The van der Waals surface area contributed by atoms with Crippen LogP contribution >= 0.6 is 0 Å². The molecule has 0 spiro atoms. The molecule has 8 heteroatoms. The molecule has 0 heterocycles. The number of fused-ring (bicyclic) bond motifs is 7. The van der Waals surface area contributed by atoms with Crippen LogP contribution in [-0.2, 0) is 35.2 Å². The third-order valence-electron chi connectivity index (χ3n) is 12.0. The van der Waals surface area contributed by atoms with Gasteiger partial charge >= 0.3 is 17.9 Å². The molecule has 3 saturated carbocycles. The Bertz CT molecular complexity index is 1410. The van der Waals surface area contributed by atoms with Crippen molar-refractivity contribution < 1.29 is 33.8 Å². The number of nitrogens with one attached hydrogen (secondary N) is 1. The summed E-state index contributed by atoms with van der Waals surface area (Å²) in [5.41, 5.74) is 3.11. The van der Waals surface area contributed by atoms with Gasteiger partial charge in [0.2, 0.25) is 5.91 Å². The highest BCUT2D eigenvalue weighted by Crippen LogP contribution is 2.70. The maximum atomic E-state index is 13.9. The van der Waals surface area contributed by atoms with Gasteiger partial charge in [-0.2, -0.15) is 0 Å². The number of aliphatic carboxylic acids is 1. The van der Waals surface area contributed by atoms with E-state index >= 15 is 0 Å². The van der Waals surface area contributed by atoms with Crippen molar-refractivity contribution in [2.45, 2.75) is 91.7 Å². The quantitative estimate of drug-likeness (QED) is 0.304. The highest BCUT2D eigenvalue weighted by Gasteiger charge is 2.64. The first-order chi connectivity index (χ1) is 20.9. The van der Waals surface area contributed by atoms with E-state index < -0.39 is 23.8 Å². The molecular weight excluding hydrogens is 558 g/mol. The van der Waals surface area contributed by atoms with Crippen molar-refractivity contribution in [3.63, 3.8) is 0 Å². The molecule has 1 amide bonds. The van der Waals surface area contributed by atoms with Gasteiger partial charge in [0.15, 0.2) is 0 Å². The van der Waals surface area contributed by atoms with E-state index in [1.807, 2.05) is 30.3 Å². The van der Waals surface area contributed by atoms with Gasteiger partial charge in [-0.15, -0.1) is 0 Å². The molecule has 3 unspecified atom stereocenters. The van der Waals surface area contributed by atoms with Crippen LogP contribution in [0, 0.1) is 46.3 Å². The predicted molar refractivity (Wildman–Crippen MR) is 162 cm³/mol. The highest BCUT2D eigenvalue weighted by atomic mass is 16.5. The number of benzene rings is 1. The van der Waals surface area contributed by atoms with E-state index in [9.17, 15) is 24.3 Å². The van der Waals surface area contributed by atoms with Gasteiger partial charge in [0.25, 0.3) is 0 Å². The molecule has 1 aromatic carbocycles. The Labute approximate surface area is 259 Å². The first-order valence-electron chi connectivity index (χ1n) is 16.3. The van der Waals surface area contributed by atoms with Gasteiger partial charge in [-0.3, -0.25) is 19.2 Å². The first-order valence-corrected chi connectivity index (χ1v) is 16.3. The summed E-state index contributed by atoms with van der Waals surface area (Å²) in [5.74, 6) is -2.43. The summed E-state index contributed by atoms with van der Waals surface area (Å²) >= 11 is 0. The fourth-order valence-electron chi connectivity index (χ4n) is 10.2. The lowest BCUT2D eigenvalue weighted by Gasteiger charge is -2.57. The second kappa shape index (κ2) is 11.5. The molecule has 1 aromatic rings. The number of carboxylic acids is 1. The molecule has 0 bridgehead atoms. The van der Waals surface area contributed by atoms with Crippen molar-refractivity contribution in [1.29, 1.82) is 0 Å². The molecule has 44 heavy (non-hydrogen) atoms. The third kappa shape index (κ3) is 5.18. The average molecular weight is 604 g/mol. The molecule has 6 rings (SSSR count). The number of rotatable bonds is 6. The lowest BCUT2D eigenvalue weighted by molar-refractivity contribution is -0.151. The summed E-state index contributed by atoms with van der Waals surface area (Å²) < 4.78 is 11.4. The second-order valence-corrected chi connectivity index (χ2v) is 14.3. The van der Waals surface area contributed by atoms with Gasteiger partial charge in [0.1, 0.15) is 11.9 Å². The normalized spacial score (nSPS) is 37.4. The summed E-state index contributed by atoms with van der Waals surface area (Å²) in [7, 11) is 0. The molecule has 0 saturated heterocycles. The molecule has 0 radical (unpaired) electrons. The average Bonchev–Trinajstić information content (AvgIpc) is 3.29. The Morgan fingerprint density at radius 2 is 1.68 bits per heavy atom. The van der Waals surface area contributed by atoms with Crippen LogP contribution in [0.3, 0.4) is 0 Å². The van der Waals surface area contributed by atoms with Crippen molar-refractivity contribution in [3.05, 3.63) is 58.9 Å². The number of hydrogen-bond acceptors (Lipinski definition) is 6. The third-order valence-corrected chi connectivity index (χ3v) is 12.0. The second-order valence-electron chi connectivity index (χ2n) is 14.3. The number of carboxylic acid groups (broad SMARTS) is 1. The minimum Gasteiger partial charge on any atom is -0.481 e. The largest absolute Gasteiger partial charge is 0.481 e. The van der Waals surface area contributed by atoms with Crippen molar-refractivity contribution in [2.24, 2.45) is 46.3 Å². The summed E-state index contributed by atoms with van der Waals surface area (Å²) in [6.45, 7) is 7.82. The van der Waals surface area contributed by atoms with Crippen molar-refractivity contribution in [2.75, 3.05) is 0 Å². The van der Waals surface area contributed by atoms with Crippen LogP contribution < -0.4 is 5.32 Å². The lowest BCUT2D eigenvalue weighted by Crippen LogP contribution is -2.50. The van der Waals surface area contributed by atoms with Crippen LogP contribution in [0.25, 0.3) is 0 Å². The molecule has 5 aliphatic carbocycles. The van der Waals surface area contributed by atoms with Crippen LogP contribution in [0.5, 0.6) is 0 Å². The highest BCUT2D eigenvalue weighted by molar-refractivity contribution is 5.86. The van der Waals surface area contributed by atoms with E-state index in [2.05, 4.69) is 25.2 Å². The summed E-state index contributed by atoms with van der Waals surface area (Å²) in [6, 6.07) is 9.64. The van der Waals surface area contributed by atoms with Crippen LogP contribution in [0.4, 0.5) is 0 Å². The maximum absolute atomic E-state index is 13.9. The Balaban J connectivity index is 1.34. The monoisotopic (exact) mass is 603 g/mol. The van der Waals surface area contributed by atoms with Gasteiger partial charge in [-0.1, -0.05) is 55.8 Å². The van der Waals surface area contributed by atoms with Crippen molar-refractivity contribution in [3.8, 4) is 0 Å². The summed E-state index contributed by atoms with van der Waals surface area (Å²) in [6.07, 6.45) is 8.52. The molecule has 5 aliphatic rings. The minimum atomic E-state index is -1.03. The van der Waals surface area contributed by atoms with E-state index in [1.165, 1.54) is 19.4 Å². The number of ether oxygens (including phenoxy) is 2. The molecular formula is C36H45NO7. The Kier molecular flexibility index (Phi) is 8.00. The van der Waals surface area contributed by atoms with E-state index in [1.54, 1.807) is 0 Å². The molecule has 9 atom stereocenters. The number of esters is 2. The number of amides is 1.